The van der Waals surface area contributed by atoms with Gasteiger partial charge in [-0.2, -0.15) is 0 Å². The number of hydrogen-bond donors (Lipinski definition) is 1. The number of hydrogen-bond acceptors (Lipinski definition) is 3. The summed E-state index contributed by atoms with van der Waals surface area (Å²) in [4.78, 5) is 0. The Morgan fingerprint density at radius 2 is 2.42 bits per heavy atom. The summed E-state index contributed by atoms with van der Waals surface area (Å²) < 4.78 is 10.5. The van der Waals surface area contributed by atoms with Crippen molar-refractivity contribution in [3.63, 3.8) is 0 Å². The summed E-state index contributed by atoms with van der Waals surface area (Å²) in [5, 5.41) is 3.23. The molecule has 1 N–H and O–H groups in total. The molecule has 5 heteroatoms. The second kappa shape index (κ2) is 4.16. The van der Waals surface area contributed by atoms with Gasteiger partial charge in [0.15, 0.2) is 0 Å². The first-order valence-electron chi connectivity index (χ1n) is 4.14. The summed E-state index contributed by atoms with van der Waals surface area (Å²) in [5.74, 6) is 0.671. The molecule has 1 saturated heterocycles. The van der Waals surface area contributed by atoms with E-state index in [0.29, 0.717) is 18.6 Å². The molecule has 0 aliphatic carbocycles. The molecule has 12 heavy (non-hydrogen) atoms. The highest BCUT2D eigenvalue weighted by Crippen LogP contribution is 2.48. The summed E-state index contributed by atoms with van der Waals surface area (Å²) >= 11 is 5.15. The zero-order valence-electron chi connectivity index (χ0n) is 7.74. The molecule has 0 bridgehead atoms. The molecule has 0 aromatic heterocycles. The first-order valence-corrected chi connectivity index (χ1v) is 6.77. The van der Waals surface area contributed by atoms with Crippen LogP contribution in [0.15, 0.2) is 0 Å². The fraction of sp³-hybridized carbons (Fsp3) is 1.00. The van der Waals surface area contributed by atoms with E-state index in [4.69, 9.17) is 20.9 Å². The van der Waals surface area contributed by atoms with Crippen molar-refractivity contribution in [1.82, 2.24) is 5.09 Å². The Bertz CT molecular complexity index is 198. The van der Waals surface area contributed by atoms with Gasteiger partial charge in [0.25, 0.3) is 6.64 Å². The Hall–Kier alpha value is 0.530. The Morgan fingerprint density at radius 3 is 2.83 bits per heavy atom. The SMILES string of the molecule is COP1(=S)N[C@@H](CC(C)C)CO1. The third-order valence-corrected chi connectivity index (χ3v) is 4.51. The van der Waals surface area contributed by atoms with Crippen molar-refractivity contribution in [3.05, 3.63) is 0 Å². The quantitative estimate of drug-likeness (QED) is 0.719. The predicted octanol–water partition coefficient (Wildman–Crippen LogP) is 1.89. The van der Waals surface area contributed by atoms with Crippen LogP contribution in [-0.4, -0.2) is 19.8 Å². The summed E-state index contributed by atoms with van der Waals surface area (Å²) in [6.45, 7) is 3.00. The molecule has 3 nitrogen and oxygen atoms in total. The molecule has 0 aromatic carbocycles. The van der Waals surface area contributed by atoms with Gasteiger partial charge in [0.2, 0.25) is 0 Å². The normalized spacial score (nSPS) is 36.2. The Labute approximate surface area is 79.0 Å². The zero-order chi connectivity index (χ0) is 9.19. The number of nitrogens with one attached hydrogen (secondary N) is 1. The van der Waals surface area contributed by atoms with Crippen molar-refractivity contribution in [2.24, 2.45) is 5.92 Å². The summed E-state index contributed by atoms with van der Waals surface area (Å²) in [6, 6.07) is 0.385. The van der Waals surface area contributed by atoms with Crippen molar-refractivity contribution in [1.29, 1.82) is 0 Å². The first-order chi connectivity index (χ1) is 5.56. The molecule has 1 aliphatic heterocycles. The van der Waals surface area contributed by atoms with E-state index in [-0.39, 0.29) is 0 Å². The van der Waals surface area contributed by atoms with Gasteiger partial charge in [-0.3, -0.25) is 0 Å². The maximum Gasteiger partial charge on any atom is 0.261 e. The van der Waals surface area contributed by atoms with Gasteiger partial charge >= 0.3 is 0 Å². The third-order valence-electron chi connectivity index (χ3n) is 1.78. The molecular formula is C7H16NO2PS. The van der Waals surface area contributed by atoms with Crippen LogP contribution in [0.1, 0.15) is 20.3 Å². The van der Waals surface area contributed by atoms with Crippen LogP contribution in [0, 0.1) is 5.92 Å². The van der Waals surface area contributed by atoms with Gasteiger partial charge in [0.1, 0.15) is 0 Å². The van der Waals surface area contributed by atoms with Gasteiger partial charge in [-0.15, -0.1) is 0 Å². The number of rotatable bonds is 3. The van der Waals surface area contributed by atoms with Crippen molar-refractivity contribution in [2.75, 3.05) is 13.7 Å². The fourth-order valence-corrected chi connectivity index (χ4v) is 3.20. The topological polar surface area (TPSA) is 30.5 Å². The molecule has 0 spiro atoms. The lowest BCUT2D eigenvalue weighted by atomic mass is 10.1. The van der Waals surface area contributed by atoms with Gasteiger partial charge in [-0.1, -0.05) is 13.8 Å². The smallest absolute Gasteiger partial charge is 0.261 e. The lowest BCUT2D eigenvalue weighted by molar-refractivity contribution is 0.296. The van der Waals surface area contributed by atoms with Gasteiger partial charge in [0.05, 0.1) is 6.61 Å². The van der Waals surface area contributed by atoms with Crippen LogP contribution in [0.25, 0.3) is 0 Å². The first kappa shape index (κ1) is 10.6. The van der Waals surface area contributed by atoms with E-state index in [9.17, 15) is 0 Å². The Balaban J connectivity index is 2.40. The highest BCUT2D eigenvalue weighted by molar-refractivity contribution is 8.09. The molecule has 2 atom stereocenters. The van der Waals surface area contributed by atoms with E-state index in [1.807, 2.05) is 0 Å². The lowest BCUT2D eigenvalue weighted by Gasteiger charge is -2.14. The Kier molecular flexibility index (Phi) is 3.68. The molecule has 1 aliphatic rings. The minimum atomic E-state index is -2.08. The highest BCUT2D eigenvalue weighted by atomic mass is 32.5. The monoisotopic (exact) mass is 209 g/mol. The van der Waals surface area contributed by atoms with Crippen LogP contribution < -0.4 is 5.09 Å². The molecule has 1 fully saturated rings. The molecular weight excluding hydrogens is 193 g/mol. The lowest BCUT2D eigenvalue weighted by Crippen LogP contribution is -2.23. The summed E-state index contributed by atoms with van der Waals surface area (Å²) in [6.07, 6.45) is 1.10. The van der Waals surface area contributed by atoms with E-state index in [1.54, 1.807) is 7.11 Å². The van der Waals surface area contributed by atoms with E-state index in [2.05, 4.69) is 18.9 Å². The van der Waals surface area contributed by atoms with Crippen molar-refractivity contribution < 1.29 is 9.05 Å². The average Bonchev–Trinajstić information content (AvgIpc) is 2.32. The van der Waals surface area contributed by atoms with Crippen molar-refractivity contribution >= 4 is 18.4 Å². The standard InChI is InChI=1S/C7H16NO2PS/c1-6(2)4-7-5-10-11(12,8-7)9-3/h6-7H,4-5H2,1-3H3,(H,8,12)/t7-,11?/m0/s1. The average molecular weight is 209 g/mol. The fourth-order valence-electron chi connectivity index (χ4n) is 1.28. The van der Waals surface area contributed by atoms with Crippen LogP contribution in [0.5, 0.6) is 0 Å². The third kappa shape index (κ3) is 2.79. The Morgan fingerprint density at radius 1 is 1.75 bits per heavy atom. The van der Waals surface area contributed by atoms with Crippen LogP contribution in [0.2, 0.25) is 0 Å². The molecule has 1 rings (SSSR count). The molecule has 72 valence electrons. The largest absolute Gasteiger partial charge is 0.321 e. The van der Waals surface area contributed by atoms with Gasteiger partial charge in [0, 0.05) is 13.2 Å². The van der Waals surface area contributed by atoms with E-state index in [1.165, 1.54) is 0 Å². The molecule has 0 amide bonds. The molecule has 1 unspecified atom stereocenters. The van der Waals surface area contributed by atoms with Gasteiger partial charge in [-0.05, 0) is 24.1 Å². The maximum absolute atomic E-state index is 5.40. The maximum atomic E-state index is 5.40. The van der Waals surface area contributed by atoms with Crippen LogP contribution in [-0.2, 0) is 20.9 Å². The zero-order valence-corrected chi connectivity index (χ0v) is 9.45. The summed E-state index contributed by atoms with van der Waals surface area (Å²) in [5.41, 5.74) is 0. The van der Waals surface area contributed by atoms with Crippen LogP contribution in [0.3, 0.4) is 0 Å². The van der Waals surface area contributed by atoms with Gasteiger partial charge < -0.3 is 9.05 Å². The van der Waals surface area contributed by atoms with Crippen molar-refractivity contribution in [2.45, 2.75) is 26.3 Å². The van der Waals surface area contributed by atoms with Crippen LogP contribution >= 0.6 is 6.64 Å². The second-order valence-electron chi connectivity index (χ2n) is 3.43. The molecule has 1 heterocycles. The molecule has 0 saturated carbocycles. The molecule has 0 radical (unpaired) electrons. The van der Waals surface area contributed by atoms with Crippen molar-refractivity contribution in [3.8, 4) is 0 Å². The summed E-state index contributed by atoms with van der Waals surface area (Å²) in [7, 11) is 1.60. The minimum absolute atomic E-state index is 0.385. The van der Waals surface area contributed by atoms with E-state index >= 15 is 0 Å². The predicted molar refractivity (Wildman–Crippen MR) is 53.6 cm³/mol. The van der Waals surface area contributed by atoms with E-state index in [0.717, 1.165) is 6.42 Å². The van der Waals surface area contributed by atoms with E-state index < -0.39 is 6.64 Å². The second-order valence-corrected chi connectivity index (χ2v) is 6.75. The highest BCUT2D eigenvalue weighted by Gasteiger charge is 2.30. The minimum Gasteiger partial charge on any atom is -0.321 e. The van der Waals surface area contributed by atoms with Gasteiger partial charge in [-0.25, -0.2) is 5.09 Å². The molecule has 0 aromatic rings. The van der Waals surface area contributed by atoms with Crippen LogP contribution in [0.4, 0.5) is 0 Å².